The molecule has 0 spiro atoms. The van der Waals surface area contributed by atoms with E-state index < -0.39 is 0 Å². The van der Waals surface area contributed by atoms with Crippen molar-refractivity contribution in [3.8, 4) is 0 Å². The lowest BCUT2D eigenvalue weighted by Gasteiger charge is -2.13. The smallest absolute Gasteiger partial charge is 0.123 e. The Labute approximate surface area is 91.7 Å². The molecule has 0 saturated carbocycles. The van der Waals surface area contributed by atoms with Gasteiger partial charge in [0.1, 0.15) is 5.82 Å². The van der Waals surface area contributed by atoms with Crippen molar-refractivity contribution in [3.63, 3.8) is 0 Å². The number of benzene rings is 1. The predicted octanol–water partition coefficient (Wildman–Crippen LogP) is 3.15. The monoisotopic (exact) mass is 209 g/mol. The second-order valence-corrected chi connectivity index (χ2v) is 4.04. The molecule has 0 amide bonds. The summed E-state index contributed by atoms with van der Waals surface area (Å²) >= 11 is 0. The molecule has 0 aromatic heterocycles. The number of nitrogens with one attached hydrogen (secondary N) is 1. The van der Waals surface area contributed by atoms with Gasteiger partial charge in [0, 0.05) is 6.04 Å². The quantitative estimate of drug-likeness (QED) is 0.710. The lowest BCUT2D eigenvalue weighted by molar-refractivity contribution is 0.529. The van der Waals surface area contributed by atoms with Gasteiger partial charge in [0.2, 0.25) is 0 Å². The largest absolute Gasteiger partial charge is 0.314 e. The summed E-state index contributed by atoms with van der Waals surface area (Å²) in [5, 5.41) is 3.43. The van der Waals surface area contributed by atoms with Crippen LogP contribution in [-0.4, -0.2) is 12.6 Å². The Bertz CT molecular complexity index is 286. The minimum atomic E-state index is -0.145. The van der Waals surface area contributed by atoms with Crippen LogP contribution in [0.2, 0.25) is 0 Å². The topological polar surface area (TPSA) is 12.0 Å². The van der Waals surface area contributed by atoms with Gasteiger partial charge in [-0.3, -0.25) is 0 Å². The minimum absolute atomic E-state index is 0.145. The molecule has 0 aliphatic heterocycles. The Kier molecular flexibility index (Phi) is 5.33. The molecule has 1 N–H and O–H groups in total. The first-order valence-electron chi connectivity index (χ1n) is 5.70. The van der Waals surface area contributed by atoms with E-state index in [1.807, 2.05) is 6.07 Å². The van der Waals surface area contributed by atoms with Gasteiger partial charge < -0.3 is 5.32 Å². The van der Waals surface area contributed by atoms with E-state index in [1.54, 1.807) is 12.1 Å². The Balaban J connectivity index is 2.34. The summed E-state index contributed by atoms with van der Waals surface area (Å²) in [6.45, 7) is 5.37. The van der Waals surface area contributed by atoms with E-state index in [4.69, 9.17) is 0 Å². The number of halogens is 1. The fourth-order valence-corrected chi connectivity index (χ4v) is 1.61. The van der Waals surface area contributed by atoms with E-state index in [2.05, 4.69) is 19.2 Å². The summed E-state index contributed by atoms with van der Waals surface area (Å²) in [6.07, 6.45) is 3.30. The molecule has 0 heterocycles. The zero-order valence-electron chi connectivity index (χ0n) is 9.59. The van der Waals surface area contributed by atoms with Crippen molar-refractivity contribution < 1.29 is 4.39 Å². The molecule has 0 aliphatic rings. The highest BCUT2D eigenvalue weighted by Gasteiger charge is 2.02. The van der Waals surface area contributed by atoms with Crippen LogP contribution < -0.4 is 5.32 Å². The van der Waals surface area contributed by atoms with Gasteiger partial charge in [-0.05, 0) is 44.0 Å². The van der Waals surface area contributed by atoms with Gasteiger partial charge in [0.25, 0.3) is 0 Å². The molecule has 1 aromatic carbocycles. The molecule has 1 aromatic rings. The molecule has 0 aliphatic carbocycles. The molecule has 1 unspecified atom stereocenters. The fraction of sp³-hybridized carbons (Fsp3) is 0.538. The molecule has 84 valence electrons. The molecule has 1 atom stereocenters. The van der Waals surface area contributed by atoms with E-state index in [0.717, 1.165) is 18.5 Å². The first-order chi connectivity index (χ1) is 7.22. The third-order valence-electron chi connectivity index (χ3n) is 2.45. The first-order valence-corrected chi connectivity index (χ1v) is 5.70. The third-order valence-corrected chi connectivity index (χ3v) is 2.45. The minimum Gasteiger partial charge on any atom is -0.314 e. The van der Waals surface area contributed by atoms with E-state index >= 15 is 0 Å². The first kappa shape index (κ1) is 12.2. The Morgan fingerprint density at radius 1 is 1.40 bits per heavy atom. The molecule has 1 rings (SSSR count). The van der Waals surface area contributed by atoms with Crippen LogP contribution in [0.5, 0.6) is 0 Å². The molecule has 2 heteroatoms. The Hall–Kier alpha value is -0.890. The van der Waals surface area contributed by atoms with Gasteiger partial charge >= 0.3 is 0 Å². The van der Waals surface area contributed by atoms with Crippen molar-refractivity contribution >= 4 is 0 Å². The molecule has 15 heavy (non-hydrogen) atoms. The van der Waals surface area contributed by atoms with Crippen LogP contribution in [0.3, 0.4) is 0 Å². The summed E-state index contributed by atoms with van der Waals surface area (Å²) in [7, 11) is 0. The van der Waals surface area contributed by atoms with Crippen LogP contribution >= 0.6 is 0 Å². The molecule has 0 radical (unpaired) electrons. The van der Waals surface area contributed by atoms with Crippen LogP contribution in [0.25, 0.3) is 0 Å². The predicted molar refractivity (Wildman–Crippen MR) is 62.5 cm³/mol. The lowest BCUT2D eigenvalue weighted by Crippen LogP contribution is -2.28. The fourth-order valence-electron chi connectivity index (χ4n) is 1.61. The van der Waals surface area contributed by atoms with Crippen molar-refractivity contribution in [2.45, 2.75) is 39.2 Å². The number of rotatable bonds is 6. The maximum Gasteiger partial charge on any atom is 0.123 e. The molecule has 0 fully saturated rings. The average Bonchev–Trinajstić information content (AvgIpc) is 2.18. The number of hydrogen-bond acceptors (Lipinski definition) is 1. The van der Waals surface area contributed by atoms with Gasteiger partial charge in [-0.25, -0.2) is 4.39 Å². The Morgan fingerprint density at radius 3 is 2.87 bits per heavy atom. The second-order valence-electron chi connectivity index (χ2n) is 4.04. The van der Waals surface area contributed by atoms with E-state index in [1.165, 1.54) is 18.9 Å². The maximum atomic E-state index is 12.9. The summed E-state index contributed by atoms with van der Waals surface area (Å²) in [5.74, 6) is -0.145. The zero-order valence-corrected chi connectivity index (χ0v) is 9.59. The highest BCUT2D eigenvalue weighted by Crippen LogP contribution is 2.06. The summed E-state index contributed by atoms with van der Waals surface area (Å²) < 4.78 is 12.9. The highest BCUT2D eigenvalue weighted by atomic mass is 19.1. The molecule has 0 saturated heterocycles. The van der Waals surface area contributed by atoms with Gasteiger partial charge in [-0.15, -0.1) is 0 Å². The van der Waals surface area contributed by atoms with Crippen LogP contribution in [0.15, 0.2) is 24.3 Å². The standard InChI is InChI=1S/C13H20FN/c1-3-4-8-15-11(2)9-12-6-5-7-13(14)10-12/h5-7,10-11,15H,3-4,8-9H2,1-2H3. The van der Waals surface area contributed by atoms with Gasteiger partial charge in [0.05, 0.1) is 0 Å². The van der Waals surface area contributed by atoms with Crippen LogP contribution in [0, 0.1) is 5.82 Å². The third kappa shape index (κ3) is 4.93. The average molecular weight is 209 g/mol. The zero-order chi connectivity index (χ0) is 11.1. The maximum absolute atomic E-state index is 12.9. The molecule has 1 nitrogen and oxygen atoms in total. The number of unbranched alkanes of at least 4 members (excludes halogenated alkanes) is 1. The molecule has 0 bridgehead atoms. The Morgan fingerprint density at radius 2 is 2.20 bits per heavy atom. The lowest BCUT2D eigenvalue weighted by atomic mass is 10.1. The van der Waals surface area contributed by atoms with Crippen LogP contribution in [0.1, 0.15) is 32.3 Å². The second kappa shape index (κ2) is 6.57. The van der Waals surface area contributed by atoms with Crippen LogP contribution in [0.4, 0.5) is 4.39 Å². The number of hydrogen-bond donors (Lipinski definition) is 1. The van der Waals surface area contributed by atoms with Gasteiger partial charge in [-0.2, -0.15) is 0 Å². The molecular formula is C13H20FN. The molecular weight excluding hydrogens is 189 g/mol. The van der Waals surface area contributed by atoms with Crippen molar-refractivity contribution in [1.82, 2.24) is 5.32 Å². The van der Waals surface area contributed by atoms with Crippen molar-refractivity contribution in [1.29, 1.82) is 0 Å². The SMILES string of the molecule is CCCCNC(C)Cc1cccc(F)c1. The highest BCUT2D eigenvalue weighted by molar-refractivity contribution is 5.17. The van der Waals surface area contributed by atoms with E-state index in [-0.39, 0.29) is 5.82 Å². The summed E-state index contributed by atoms with van der Waals surface area (Å²) in [4.78, 5) is 0. The normalized spacial score (nSPS) is 12.7. The summed E-state index contributed by atoms with van der Waals surface area (Å²) in [5.41, 5.74) is 1.06. The van der Waals surface area contributed by atoms with Gasteiger partial charge in [-0.1, -0.05) is 25.5 Å². The van der Waals surface area contributed by atoms with Crippen molar-refractivity contribution in [2.75, 3.05) is 6.54 Å². The summed E-state index contributed by atoms with van der Waals surface area (Å²) in [6, 6.07) is 7.25. The van der Waals surface area contributed by atoms with Crippen LogP contribution in [-0.2, 0) is 6.42 Å². The van der Waals surface area contributed by atoms with Crippen molar-refractivity contribution in [2.24, 2.45) is 0 Å². The van der Waals surface area contributed by atoms with Crippen molar-refractivity contribution in [3.05, 3.63) is 35.6 Å². The van der Waals surface area contributed by atoms with E-state index in [0.29, 0.717) is 6.04 Å². The van der Waals surface area contributed by atoms with Gasteiger partial charge in [0.15, 0.2) is 0 Å². The van der Waals surface area contributed by atoms with E-state index in [9.17, 15) is 4.39 Å².